The number of benzene rings is 1. The van der Waals surface area contributed by atoms with Gasteiger partial charge in [0.2, 0.25) is 0 Å². The summed E-state index contributed by atoms with van der Waals surface area (Å²) in [4.78, 5) is 30.8. The first-order valence-electron chi connectivity index (χ1n) is 9.15. The molecule has 2 heterocycles. The van der Waals surface area contributed by atoms with Crippen LogP contribution in [0.3, 0.4) is 0 Å². The molecule has 0 aliphatic carbocycles. The van der Waals surface area contributed by atoms with E-state index in [1.807, 2.05) is 35.2 Å². The average Bonchev–Trinajstić information content (AvgIpc) is 2.68. The second kappa shape index (κ2) is 8.13. The number of piperidine rings is 1. The quantitative estimate of drug-likeness (QED) is 0.920. The van der Waals surface area contributed by atoms with Gasteiger partial charge in [0.05, 0.1) is 0 Å². The van der Waals surface area contributed by atoms with Gasteiger partial charge in [0, 0.05) is 30.9 Å². The van der Waals surface area contributed by atoms with Gasteiger partial charge in [-0.2, -0.15) is 0 Å². The lowest BCUT2D eigenvalue weighted by atomic mass is 10.0. The number of carbonyl (C=O) groups is 2. The largest absolute Gasteiger partial charge is 0.349 e. The van der Waals surface area contributed by atoms with E-state index >= 15 is 0 Å². The maximum Gasteiger partial charge on any atom is 0.272 e. The summed E-state index contributed by atoms with van der Waals surface area (Å²) in [6, 6.07) is 13.2. The fourth-order valence-corrected chi connectivity index (χ4v) is 3.17. The van der Waals surface area contributed by atoms with Gasteiger partial charge in [-0.1, -0.05) is 32.0 Å². The molecule has 1 aromatic heterocycles. The molecule has 1 aromatic carbocycles. The van der Waals surface area contributed by atoms with Gasteiger partial charge in [0.1, 0.15) is 5.69 Å². The van der Waals surface area contributed by atoms with Crippen molar-refractivity contribution in [1.29, 1.82) is 0 Å². The molecule has 2 aromatic rings. The fraction of sp³-hybridized carbons (Fsp3) is 0.381. The number of hydrogen-bond acceptors (Lipinski definition) is 3. The molecule has 0 atom stereocenters. The number of hydrogen-bond donors (Lipinski definition) is 1. The van der Waals surface area contributed by atoms with Gasteiger partial charge in [-0.15, -0.1) is 0 Å². The highest BCUT2D eigenvalue weighted by molar-refractivity contribution is 5.94. The van der Waals surface area contributed by atoms with Crippen LogP contribution in [0, 0.1) is 0 Å². The van der Waals surface area contributed by atoms with Crippen LogP contribution in [0.25, 0.3) is 0 Å². The first-order valence-corrected chi connectivity index (χ1v) is 9.15. The van der Waals surface area contributed by atoms with Crippen LogP contribution in [-0.2, 0) is 0 Å². The zero-order chi connectivity index (χ0) is 18.5. The predicted octanol–water partition coefficient (Wildman–Crippen LogP) is 3.24. The van der Waals surface area contributed by atoms with Crippen molar-refractivity contribution in [2.75, 3.05) is 13.1 Å². The molecule has 1 aliphatic heterocycles. The van der Waals surface area contributed by atoms with Crippen molar-refractivity contribution in [1.82, 2.24) is 15.2 Å². The van der Waals surface area contributed by atoms with Crippen LogP contribution in [0.2, 0.25) is 0 Å². The lowest BCUT2D eigenvalue weighted by Crippen LogP contribution is -2.46. The third-order valence-corrected chi connectivity index (χ3v) is 4.84. The summed E-state index contributed by atoms with van der Waals surface area (Å²) in [6.45, 7) is 5.53. The van der Waals surface area contributed by atoms with E-state index in [9.17, 15) is 9.59 Å². The van der Waals surface area contributed by atoms with Crippen molar-refractivity contribution in [2.45, 2.75) is 38.6 Å². The van der Waals surface area contributed by atoms with Crippen molar-refractivity contribution in [3.05, 3.63) is 65.5 Å². The normalized spacial score (nSPS) is 15.1. The summed E-state index contributed by atoms with van der Waals surface area (Å²) in [5.74, 6) is 0.363. The minimum atomic E-state index is -0.0465. The highest BCUT2D eigenvalue weighted by atomic mass is 16.2. The molecule has 1 aliphatic rings. The molecular weight excluding hydrogens is 326 g/mol. The Morgan fingerprint density at radius 3 is 2.35 bits per heavy atom. The molecule has 0 saturated carbocycles. The Bertz CT molecular complexity index is 749. The molecule has 0 spiro atoms. The molecule has 5 nitrogen and oxygen atoms in total. The number of likely N-dealkylation sites (tertiary alicyclic amines) is 1. The molecular formula is C21H25N3O2. The number of nitrogens with one attached hydrogen (secondary N) is 1. The van der Waals surface area contributed by atoms with Gasteiger partial charge in [-0.05, 0) is 48.6 Å². The molecule has 1 fully saturated rings. The van der Waals surface area contributed by atoms with Gasteiger partial charge in [0.15, 0.2) is 0 Å². The van der Waals surface area contributed by atoms with Crippen LogP contribution in [-0.4, -0.2) is 40.8 Å². The topological polar surface area (TPSA) is 62.3 Å². The second-order valence-electron chi connectivity index (χ2n) is 7.03. The van der Waals surface area contributed by atoms with Gasteiger partial charge >= 0.3 is 0 Å². The van der Waals surface area contributed by atoms with Gasteiger partial charge in [0.25, 0.3) is 11.8 Å². The molecule has 136 valence electrons. The Labute approximate surface area is 154 Å². The fourth-order valence-electron chi connectivity index (χ4n) is 3.17. The number of rotatable bonds is 4. The summed E-state index contributed by atoms with van der Waals surface area (Å²) < 4.78 is 0. The highest BCUT2D eigenvalue weighted by Gasteiger charge is 2.25. The monoisotopic (exact) mass is 351 g/mol. The van der Waals surface area contributed by atoms with Crippen LogP contribution < -0.4 is 5.32 Å². The van der Waals surface area contributed by atoms with E-state index in [2.05, 4.69) is 24.1 Å². The van der Waals surface area contributed by atoms with Crippen molar-refractivity contribution in [3.63, 3.8) is 0 Å². The van der Waals surface area contributed by atoms with Crippen LogP contribution >= 0.6 is 0 Å². The zero-order valence-corrected chi connectivity index (χ0v) is 15.3. The number of carbonyl (C=O) groups excluding carboxylic acids is 2. The van der Waals surface area contributed by atoms with E-state index in [1.165, 1.54) is 5.56 Å². The highest BCUT2D eigenvalue weighted by Crippen LogP contribution is 2.16. The number of aromatic nitrogens is 1. The second-order valence-corrected chi connectivity index (χ2v) is 7.03. The average molecular weight is 351 g/mol. The maximum atomic E-state index is 12.4. The van der Waals surface area contributed by atoms with Crippen LogP contribution in [0.5, 0.6) is 0 Å². The van der Waals surface area contributed by atoms with E-state index in [4.69, 9.17) is 0 Å². The van der Waals surface area contributed by atoms with E-state index in [0.29, 0.717) is 30.3 Å². The Kier molecular flexibility index (Phi) is 5.66. The van der Waals surface area contributed by atoms with Crippen molar-refractivity contribution >= 4 is 11.8 Å². The van der Waals surface area contributed by atoms with E-state index in [0.717, 1.165) is 12.8 Å². The lowest BCUT2D eigenvalue weighted by Gasteiger charge is -2.32. The lowest BCUT2D eigenvalue weighted by molar-refractivity contribution is 0.0692. The van der Waals surface area contributed by atoms with Crippen LogP contribution in [0.4, 0.5) is 0 Å². The molecule has 1 saturated heterocycles. The number of nitrogens with zero attached hydrogens (tertiary/aromatic N) is 2. The maximum absolute atomic E-state index is 12.4. The molecule has 0 unspecified atom stereocenters. The molecule has 2 amide bonds. The summed E-state index contributed by atoms with van der Waals surface area (Å²) >= 11 is 0. The van der Waals surface area contributed by atoms with Crippen molar-refractivity contribution in [3.8, 4) is 0 Å². The van der Waals surface area contributed by atoms with Crippen LogP contribution in [0.1, 0.15) is 59.0 Å². The van der Waals surface area contributed by atoms with E-state index < -0.39 is 0 Å². The molecule has 1 N–H and O–H groups in total. The summed E-state index contributed by atoms with van der Waals surface area (Å²) in [7, 11) is 0. The van der Waals surface area contributed by atoms with Gasteiger partial charge in [-0.3, -0.25) is 14.6 Å². The first-order chi connectivity index (χ1) is 12.5. The molecule has 0 radical (unpaired) electrons. The summed E-state index contributed by atoms with van der Waals surface area (Å²) in [5.41, 5.74) is 2.38. The summed E-state index contributed by atoms with van der Waals surface area (Å²) in [6.07, 6.45) is 3.15. The van der Waals surface area contributed by atoms with Gasteiger partial charge < -0.3 is 10.2 Å². The first kappa shape index (κ1) is 18.1. The van der Waals surface area contributed by atoms with Crippen LogP contribution in [0.15, 0.2) is 48.7 Å². The third kappa shape index (κ3) is 4.28. The van der Waals surface area contributed by atoms with E-state index in [-0.39, 0.29) is 17.9 Å². The summed E-state index contributed by atoms with van der Waals surface area (Å²) in [5, 5.41) is 3.09. The standard InChI is InChI=1S/C21H25N3O2/c1-15(2)16-6-8-17(9-7-16)20(25)23-18-10-13-24(14-11-18)21(26)19-5-3-4-12-22-19/h3-9,12,15,18H,10-11,13-14H2,1-2H3,(H,23,25). The molecule has 5 heteroatoms. The predicted molar refractivity (Wildman–Crippen MR) is 101 cm³/mol. The molecule has 0 bridgehead atoms. The smallest absolute Gasteiger partial charge is 0.272 e. The number of amides is 2. The minimum Gasteiger partial charge on any atom is -0.349 e. The Morgan fingerprint density at radius 2 is 1.77 bits per heavy atom. The van der Waals surface area contributed by atoms with Crippen molar-refractivity contribution < 1.29 is 9.59 Å². The number of pyridine rings is 1. The minimum absolute atomic E-state index is 0.0420. The van der Waals surface area contributed by atoms with Crippen molar-refractivity contribution in [2.24, 2.45) is 0 Å². The zero-order valence-electron chi connectivity index (χ0n) is 15.3. The Balaban J connectivity index is 1.52. The van der Waals surface area contributed by atoms with E-state index in [1.54, 1.807) is 18.3 Å². The van der Waals surface area contributed by atoms with Gasteiger partial charge in [-0.25, -0.2) is 0 Å². The molecule has 26 heavy (non-hydrogen) atoms. The SMILES string of the molecule is CC(C)c1ccc(C(=O)NC2CCN(C(=O)c3ccccn3)CC2)cc1. The Morgan fingerprint density at radius 1 is 1.08 bits per heavy atom. The molecule has 3 rings (SSSR count). The Hall–Kier alpha value is -2.69. The third-order valence-electron chi connectivity index (χ3n) is 4.84.